The number of rotatable bonds is 6. The van der Waals surface area contributed by atoms with Gasteiger partial charge in [0.15, 0.2) is 5.84 Å². The summed E-state index contributed by atoms with van der Waals surface area (Å²) in [4.78, 5) is 17.0. The molecule has 2 aliphatic heterocycles. The molecule has 1 saturated heterocycles. The third-order valence-corrected chi connectivity index (χ3v) is 5.69. The molecular weight excluding hydrogens is 438 g/mol. The molecule has 1 unspecified atom stereocenters. The number of nitrogens with one attached hydrogen (secondary N) is 2. The van der Waals surface area contributed by atoms with Gasteiger partial charge in [-0.3, -0.25) is 4.79 Å². The van der Waals surface area contributed by atoms with Crippen molar-refractivity contribution >= 4 is 11.7 Å². The Morgan fingerprint density at radius 3 is 2.36 bits per heavy atom. The van der Waals surface area contributed by atoms with E-state index in [4.69, 9.17) is 5.73 Å². The third-order valence-electron chi connectivity index (χ3n) is 5.69. The van der Waals surface area contributed by atoms with Gasteiger partial charge in [-0.15, -0.1) is 0 Å². The molecule has 33 heavy (non-hydrogen) atoms. The first-order chi connectivity index (χ1) is 15.7. The Labute approximate surface area is 188 Å². The normalized spacial score (nSPS) is 18.4. The SMILES string of the molecule is NC(=O)Cc1ccc(CNC2=C(F)C(N3CCC3c3ccc(C(F)(F)F)cc3)=NCN2)cc1. The Morgan fingerprint density at radius 2 is 1.79 bits per heavy atom. The molecule has 0 bridgehead atoms. The van der Waals surface area contributed by atoms with Crippen LogP contribution in [-0.4, -0.2) is 29.9 Å². The van der Waals surface area contributed by atoms with E-state index in [0.717, 1.165) is 23.3 Å². The summed E-state index contributed by atoms with van der Waals surface area (Å²) >= 11 is 0. The number of benzene rings is 2. The lowest BCUT2D eigenvalue weighted by molar-refractivity contribution is -0.137. The Balaban J connectivity index is 1.42. The fraction of sp³-hybridized carbons (Fsp3) is 0.304. The number of alkyl halides is 3. The van der Waals surface area contributed by atoms with E-state index in [1.165, 1.54) is 12.1 Å². The first kappa shape index (κ1) is 22.6. The predicted molar refractivity (Wildman–Crippen MR) is 115 cm³/mol. The zero-order valence-corrected chi connectivity index (χ0v) is 17.6. The van der Waals surface area contributed by atoms with Gasteiger partial charge in [0, 0.05) is 13.1 Å². The van der Waals surface area contributed by atoms with Gasteiger partial charge in [0.05, 0.1) is 18.0 Å². The lowest BCUT2D eigenvalue weighted by atomic mass is 9.93. The quantitative estimate of drug-likeness (QED) is 0.577. The molecular formula is C23H23F4N5O. The number of hydrogen-bond acceptors (Lipinski definition) is 5. The molecule has 0 saturated carbocycles. The van der Waals surface area contributed by atoms with E-state index in [1.807, 2.05) is 12.1 Å². The maximum absolute atomic E-state index is 15.2. The molecule has 0 spiro atoms. The smallest absolute Gasteiger partial charge is 0.369 e. The van der Waals surface area contributed by atoms with Crippen molar-refractivity contribution in [3.8, 4) is 0 Å². The van der Waals surface area contributed by atoms with Crippen LogP contribution in [-0.2, 0) is 23.9 Å². The second kappa shape index (κ2) is 9.13. The zero-order chi connectivity index (χ0) is 23.6. The van der Waals surface area contributed by atoms with Crippen molar-refractivity contribution in [1.29, 1.82) is 0 Å². The average molecular weight is 461 g/mol. The molecule has 2 aliphatic rings. The Morgan fingerprint density at radius 1 is 1.12 bits per heavy atom. The van der Waals surface area contributed by atoms with Gasteiger partial charge < -0.3 is 21.3 Å². The summed E-state index contributed by atoms with van der Waals surface area (Å²) in [6.45, 7) is 1.09. The molecule has 0 aromatic heterocycles. The molecule has 0 aliphatic carbocycles. The van der Waals surface area contributed by atoms with Gasteiger partial charge in [-0.1, -0.05) is 36.4 Å². The van der Waals surface area contributed by atoms with Crippen molar-refractivity contribution < 1.29 is 22.4 Å². The zero-order valence-electron chi connectivity index (χ0n) is 17.6. The van der Waals surface area contributed by atoms with Gasteiger partial charge in [0.1, 0.15) is 12.5 Å². The van der Waals surface area contributed by atoms with Gasteiger partial charge in [-0.25, -0.2) is 4.99 Å². The number of halogens is 4. The largest absolute Gasteiger partial charge is 0.416 e. The fourth-order valence-electron chi connectivity index (χ4n) is 3.86. The van der Waals surface area contributed by atoms with Crippen LogP contribution in [0, 0.1) is 0 Å². The number of nitrogens with zero attached hydrogens (tertiary/aromatic N) is 2. The number of likely N-dealkylation sites (tertiary alicyclic amines) is 1. The van der Waals surface area contributed by atoms with E-state index < -0.39 is 23.5 Å². The second-order valence-corrected chi connectivity index (χ2v) is 7.94. The van der Waals surface area contributed by atoms with Gasteiger partial charge in [0.2, 0.25) is 11.7 Å². The molecule has 4 rings (SSSR count). The van der Waals surface area contributed by atoms with E-state index in [1.54, 1.807) is 17.0 Å². The van der Waals surface area contributed by atoms with E-state index in [9.17, 15) is 18.0 Å². The number of hydrogen-bond donors (Lipinski definition) is 3. The maximum atomic E-state index is 15.2. The first-order valence-electron chi connectivity index (χ1n) is 10.4. The van der Waals surface area contributed by atoms with Crippen LogP contribution >= 0.6 is 0 Å². The summed E-state index contributed by atoms with van der Waals surface area (Å²) in [6.07, 6.45) is -3.54. The van der Waals surface area contributed by atoms with Crippen molar-refractivity contribution in [1.82, 2.24) is 15.5 Å². The molecule has 174 valence electrons. The Kier molecular flexibility index (Phi) is 6.26. The second-order valence-electron chi connectivity index (χ2n) is 7.94. The molecule has 2 aromatic rings. The summed E-state index contributed by atoms with van der Waals surface area (Å²) in [6, 6.07) is 12.0. The van der Waals surface area contributed by atoms with Crippen LogP contribution in [0.15, 0.2) is 65.2 Å². The van der Waals surface area contributed by atoms with Gasteiger partial charge in [0.25, 0.3) is 0 Å². The summed E-state index contributed by atoms with van der Waals surface area (Å²) in [7, 11) is 0. The van der Waals surface area contributed by atoms with Crippen LogP contribution in [0.3, 0.4) is 0 Å². The predicted octanol–water partition coefficient (Wildman–Crippen LogP) is 3.37. The molecule has 0 radical (unpaired) electrons. The molecule has 1 atom stereocenters. The third kappa shape index (κ3) is 5.10. The minimum atomic E-state index is -4.39. The average Bonchev–Trinajstić information content (AvgIpc) is 2.74. The highest BCUT2D eigenvalue weighted by atomic mass is 19.4. The molecule has 1 amide bonds. The standard InChI is InChI=1S/C23H23F4N5O/c24-20-21(29-12-15-3-1-14(2-4-15)11-19(28)33)30-13-31-22(20)32-10-9-18(32)16-5-7-17(8-6-16)23(25,26)27/h1-8,18,29-30H,9-13H2,(H2,28,33). The number of nitrogens with two attached hydrogens (primary N) is 1. The van der Waals surface area contributed by atoms with E-state index in [2.05, 4.69) is 15.6 Å². The van der Waals surface area contributed by atoms with Crippen LogP contribution in [0.4, 0.5) is 17.6 Å². The highest BCUT2D eigenvalue weighted by Crippen LogP contribution is 2.37. The molecule has 10 heteroatoms. The van der Waals surface area contributed by atoms with Crippen molar-refractivity contribution in [2.24, 2.45) is 10.7 Å². The Bertz CT molecular complexity index is 1080. The van der Waals surface area contributed by atoms with Crippen LogP contribution in [0.2, 0.25) is 0 Å². The lowest BCUT2D eigenvalue weighted by Crippen LogP contribution is -2.48. The van der Waals surface area contributed by atoms with Crippen LogP contribution < -0.4 is 16.4 Å². The minimum Gasteiger partial charge on any atom is -0.369 e. The van der Waals surface area contributed by atoms with E-state index >= 15 is 4.39 Å². The van der Waals surface area contributed by atoms with Crippen LogP contribution in [0.25, 0.3) is 0 Å². The lowest BCUT2D eigenvalue weighted by Gasteiger charge is -2.44. The topological polar surface area (TPSA) is 82.8 Å². The monoisotopic (exact) mass is 461 g/mol. The summed E-state index contributed by atoms with van der Waals surface area (Å²) in [5.74, 6) is -0.557. The minimum absolute atomic E-state index is 0.158. The van der Waals surface area contributed by atoms with Crippen LogP contribution in [0.5, 0.6) is 0 Å². The fourth-order valence-corrected chi connectivity index (χ4v) is 3.86. The summed E-state index contributed by atoms with van der Waals surface area (Å²) < 4.78 is 53.7. The molecule has 4 N–H and O–H groups in total. The summed E-state index contributed by atoms with van der Waals surface area (Å²) in [5, 5.41) is 5.91. The van der Waals surface area contributed by atoms with Gasteiger partial charge in [-0.2, -0.15) is 17.6 Å². The first-order valence-corrected chi connectivity index (χ1v) is 10.4. The van der Waals surface area contributed by atoms with Crippen molar-refractivity contribution in [3.63, 3.8) is 0 Å². The van der Waals surface area contributed by atoms with E-state index in [-0.39, 0.29) is 30.8 Å². The highest BCUT2D eigenvalue weighted by molar-refractivity contribution is 5.98. The van der Waals surface area contributed by atoms with Gasteiger partial charge >= 0.3 is 6.18 Å². The number of aliphatic imine (C=N–C) groups is 1. The highest BCUT2D eigenvalue weighted by Gasteiger charge is 2.36. The van der Waals surface area contributed by atoms with Crippen molar-refractivity contribution in [2.75, 3.05) is 13.2 Å². The number of carbonyl (C=O) groups is 1. The molecule has 1 fully saturated rings. The van der Waals surface area contributed by atoms with Crippen molar-refractivity contribution in [3.05, 3.63) is 82.4 Å². The van der Waals surface area contributed by atoms with Crippen LogP contribution in [0.1, 0.15) is 34.7 Å². The molecule has 2 heterocycles. The Hall–Kier alpha value is -3.56. The number of primary amides is 1. The molecule has 2 aromatic carbocycles. The van der Waals surface area contributed by atoms with Crippen molar-refractivity contribution in [2.45, 2.75) is 31.6 Å². The van der Waals surface area contributed by atoms with Gasteiger partial charge in [-0.05, 0) is 35.2 Å². The maximum Gasteiger partial charge on any atom is 0.416 e. The number of carbonyl (C=O) groups excluding carboxylic acids is 1. The van der Waals surface area contributed by atoms with E-state index in [0.29, 0.717) is 25.1 Å². The summed E-state index contributed by atoms with van der Waals surface area (Å²) in [5.41, 5.74) is 6.86. The number of amidine groups is 1. The molecule has 6 nitrogen and oxygen atoms in total. The number of amides is 1.